The molecule has 152 valence electrons. The summed E-state index contributed by atoms with van der Waals surface area (Å²) in [6, 6.07) is 24.7. The van der Waals surface area contributed by atoms with E-state index < -0.39 is 0 Å². The number of hydrogen-bond donors (Lipinski definition) is 3. The molecule has 0 saturated heterocycles. The van der Waals surface area contributed by atoms with Gasteiger partial charge in [-0.25, -0.2) is 0 Å². The Kier molecular flexibility index (Phi) is 6.22. The monoisotopic (exact) mass is 415 g/mol. The number of benzene rings is 3. The maximum absolute atomic E-state index is 6.42. The Morgan fingerprint density at radius 3 is 2.60 bits per heavy atom. The van der Waals surface area contributed by atoms with Crippen LogP contribution in [0.2, 0.25) is 5.02 Å². The molecule has 0 aliphatic rings. The van der Waals surface area contributed by atoms with Gasteiger partial charge in [-0.3, -0.25) is 0 Å². The second-order valence-corrected chi connectivity index (χ2v) is 7.94. The molecule has 3 aromatic carbocycles. The topological polar surface area (TPSA) is 53.8 Å². The van der Waals surface area contributed by atoms with Crippen LogP contribution >= 0.6 is 11.6 Å². The lowest BCUT2D eigenvalue weighted by molar-refractivity contribution is 0.832. The Morgan fingerprint density at radius 1 is 1.03 bits per heavy atom. The maximum Gasteiger partial charge on any atom is 0.0768 e. The highest BCUT2D eigenvalue weighted by Crippen LogP contribution is 2.36. The minimum atomic E-state index is -0.0915. The highest BCUT2D eigenvalue weighted by molar-refractivity contribution is 6.30. The van der Waals surface area contributed by atoms with Gasteiger partial charge in [-0.05, 0) is 60.4 Å². The van der Waals surface area contributed by atoms with Gasteiger partial charge < -0.3 is 16.0 Å². The summed E-state index contributed by atoms with van der Waals surface area (Å²) < 4.78 is 0. The normalized spacial score (nSPS) is 12.1. The first-order valence-corrected chi connectivity index (χ1v) is 10.6. The van der Waals surface area contributed by atoms with Crippen LogP contribution in [-0.4, -0.2) is 11.5 Å². The van der Waals surface area contributed by atoms with Gasteiger partial charge in [0, 0.05) is 33.4 Å². The lowest BCUT2D eigenvalue weighted by Crippen LogP contribution is -2.12. The van der Waals surface area contributed by atoms with Gasteiger partial charge in [-0.1, -0.05) is 66.7 Å². The van der Waals surface area contributed by atoms with Gasteiger partial charge in [0.25, 0.3) is 0 Å². The number of para-hydroxylation sites is 1. The highest BCUT2D eigenvalue weighted by atomic mass is 35.5. The van der Waals surface area contributed by atoms with Gasteiger partial charge in [0.2, 0.25) is 0 Å². The first-order chi connectivity index (χ1) is 14.7. The number of anilines is 1. The van der Waals surface area contributed by atoms with Crippen LogP contribution in [0.15, 0.2) is 85.6 Å². The van der Waals surface area contributed by atoms with Crippen LogP contribution in [0.1, 0.15) is 29.2 Å². The Labute approximate surface area is 182 Å². The summed E-state index contributed by atoms with van der Waals surface area (Å²) >= 11 is 6.42. The Hall–Kier alpha value is -3.01. The summed E-state index contributed by atoms with van der Waals surface area (Å²) in [7, 11) is 0. The molecule has 30 heavy (non-hydrogen) atoms. The Balaban J connectivity index is 1.71. The van der Waals surface area contributed by atoms with Gasteiger partial charge in [-0.2, -0.15) is 0 Å². The van der Waals surface area contributed by atoms with Gasteiger partial charge in [-0.15, -0.1) is 0 Å². The van der Waals surface area contributed by atoms with Crippen molar-refractivity contribution in [2.24, 2.45) is 5.73 Å². The van der Waals surface area contributed by atoms with E-state index in [1.165, 1.54) is 10.9 Å². The van der Waals surface area contributed by atoms with Crippen LogP contribution in [0, 0.1) is 0 Å². The van der Waals surface area contributed by atoms with Gasteiger partial charge in [0.05, 0.1) is 6.04 Å². The number of hydrogen-bond acceptors (Lipinski definition) is 2. The fraction of sp³-hybridized carbons (Fsp3) is 0.154. The molecule has 1 unspecified atom stereocenters. The van der Waals surface area contributed by atoms with E-state index in [1.807, 2.05) is 30.5 Å². The van der Waals surface area contributed by atoms with E-state index in [0.29, 0.717) is 6.54 Å². The van der Waals surface area contributed by atoms with Crippen molar-refractivity contribution in [3.63, 3.8) is 0 Å². The van der Waals surface area contributed by atoms with Crippen LogP contribution in [0.5, 0.6) is 0 Å². The molecule has 0 radical (unpaired) electrons. The van der Waals surface area contributed by atoms with Gasteiger partial charge in [0.1, 0.15) is 0 Å². The van der Waals surface area contributed by atoms with Crippen LogP contribution in [0.3, 0.4) is 0 Å². The number of aryl methyl sites for hydroxylation is 1. The molecule has 0 aliphatic carbocycles. The fourth-order valence-corrected chi connectivity index (χ4v) is 4.12. The summed E-state index contributed by atoms with van der Waals surface area (Å²) in [4.78, 5) is 3.36. The lowest BCUT2D eigenvalue weighted by Gasteiger charge is -2.23. The minimum Gasteiger partial charge on any atom is -0.374 e. The number of nitrogens with one attached hydrogen (secondary N) is 2. The number of aromatic nitrogens is 1. The third-order valence-electron chi connectivity index (χ3n) is 5.35. The first kappa shape index (κ1) is 20.3. The predicted octanol–water partition coefficient (Wildman–Crippen LogP) is 6.58. The molecule has 3 nitrogen and oxygen atoms in total. The zero-order chi connectivity index (χ0) is 20.9. The van der Waals surface area contributed by atoms with E-state index in [4.69, 9.17) is 17.3 Å². The molecule has 4 rings (SSSR count). The van der Waals surface area contributed by atoms with Crippen molar-refractivity contribution in [2.75, 3.05) is 11.9 Å². The van der Waals surface area contributed by atoms with Gasteiger partial charge >= 0.3 is 0 Å². The van der Waals surface area contributed by atoms with Crippen molar-refractivity contribution >= 4 is 33.8 Å². The number of nitrogens with two attached hydrogens (primary N) is 1. The molecule has 1 aromatic heterocycles. The van der Waals surface area contributed by atoms with Crippen molar-refractivity contribution in [1.82, 2.24) is 4.98 Å². The molecular weight excluding hydrogens is 390 g/mol. The third-order valence-corrected chi connectivity index (χ3v) is 5.57. The van der Waals surface area contributed by atoms with E-state index in [-0.39, 0.29) is 6.04 Å². The van der Waals surface area contributed by atoms with Crippen LogP contribution in [0.4, 0.5) is 5.69 Å². The van der Waals surface area contributed by atoms with E-state index in [0.717, 1.165) is 45.8 Å². The molecule has 0 amide bonds. The molecule has 1 atom stereocenters. The molecule has 0 aliphatic heterocycles. The SMILES string of the molecule is C=C(c1c[nH]c2ccccc12)C(Nc1cc(Cl)cc(CCCN)c1)c1ccccc1. The van der Waals surface area contributed by atoms with Crippen molar-refractivity contribution in [2.45, 2.75) is 18.9 Å². The first-order valence-electron chi connectivity index (χ1n) is 10.2. The second kappa shape index (κ2) is 9.21. The van der Waals surface area contributed by atoms with Crippen molar-refractivity contribution < 1.29 is 0 Å². The predicted molar refractivity (Wildman–Crippen MR) is 129 cm³/mol. The Bertz CT molecular complexity index is 1150. The zero-order valence-electron chi connectivity index (χ0n) is 16.9. The number of rotatable bonds is 8. The molecule has 4 N–H and O–H groups in total. The Morgan fingerprint density at radius 2 is 1.80 bits per heavy atom. The van der Waals surface area contributed by atoms with Crippen LogP contribution in [-0.2, 0) is 6.42 Å². The summed E-state index contributed by atoms with van der Waals surface area (Å²) in [6.07, 6.45) is 3.88. The quantitative estimate of drug-likeness (QED) is 0.304. The van der Waals surface area contributed by atoms with E-state index >= 15 is 0 Å². The molecular formula is C26H26ClN3. The van der Waals surface area contributed by atoms with Gasteiger partial charge in [0.15, 0.2) is 0 Å². The average molecular weight is 416 g/mol. The van der Waals surface area contributed by atoms with Crippen molar-refractivity contribution in [3.05, 3.63) is 107 Å². The zero-order valence-corrected chi connectivity index (χ0v) is 17.6. The summed E-state index contributed by atoms with van der Waals surface area (Å²) in [5.74, 6) is 0. The number of halogens is 1. The highest BCUT2D eigenvalue weighted by Gasteiger charge is 2.19. The summed E-state index contributed by atoms with van der Waals surface area (Å²) in [5.41, 5.74) is 12.2. The minimum absolute atomic E-state index is 0.0915. The molecule has 1 heterocycles. The van der Waals surface area contributed by atoms with Crippen LogP contribution < -0.4 is 11.1 Å². The third kappa shape index (κ3) is 4.43. The van der Waals surface area contributed by atoms with Crippen molar-refractivity contribution in [3.8, 4) is 0 Å². The maximum atomic E-state index is 6.42. The molecule has 0 spiro atoms. The van der Waals surface area contributed by atoms with E-state index in [9.17, 15) is 0 Å². The molecule has 0 bridgehead atoms. The standard InChI is InChI=1S/C26H26ClN3/c1-18(24-17-29-25-12-6-5-11-23(24)25)26(20-9-3-2-4-10-20)30-22-15-19(8-7-13-28)14-21(27)16-22/h2-6,9-12,14-17,26,29-30H,1,7-8,13,28H2. The lowest BCUT2D eigenvalue weighted by atomic mass is 9.93. The van der Waals surface area contributed by atoms with Crippen molar-refractivity contribution in [1.29, 1.82) is 0 Å². The molecule has 4 heteroatoms. The number of fused-ring (bicyclic) bond motifs is 1. The smallest absolute Gasteiger partial charge is 0.0768 e. The number of aromatic amines is 1. The fourth-order valence-electron chi connectivity index (χ4n) is 3.86. The summed E-state index contributed by atoms with van der Waals surface area (Å²) in [5, 5.41) is 5.56. The second-order valence-electron chi connectivity index (χ2n) is 7.50. The van der Waals surface area contributed by atoms with Crippen LogP contribution in [0.25, 0.3) is 16.5 Å². The summed E-state index contributed by atoms with van der Waals surface area (Å²) in [6.45, 7) is 5.15. The molecule has 4 aromatic rings. The van der Waals surface area contributed by atoms with E-state index in [1.54, 1.807) is 0 Å². The molecule has 0 saturated carbocycles. The number of H-pyrrole nitrogens is 1. The largest absolute Gasteiger partial charge is 0.374 e. The molecule has 0 fully saturated rings. The average Bonchev–Trinajstić information content (AvgIpc) is 3.20. The van der Waals surface area contributed by atoms with E-state index in [2.05, 4.69) is 65.4 Å².